The molecule has 0 spiro atoms. The second kappa shape index (κ2) is 9.56. The van der Waals surface area contributed by atoms with Gasteiger partial charge in [-0.25, -0.2) is 5.48 Å². The van der Waals surface area contributed by atoms with E-state index >= 15 is 0 Å². The zero-order valence-corrected chi connectivity index (χ0v) is 18.2. The van der Waals surface area contributed by atoms with Gasteiger partial charge in [-0.1, -0.05) is 30.4 Å². The lowest BCUT2D eigenvalue weighted by atomic mass is 9.89. The third kappa shape index (κ3) is 4.55. The lowest BCUT2D eigenvalue weighted by molar-refractivity contribution is -0.143. The van der Waals surface area contributed by atoms with E-state index in [1.807, 2.05) is 17.1 Å². The van der Waals surface area contributed by atoms with Gasteiger partial charge in [-0.15, -0.1) is 0 Å². The Morgan fingerprint density at radius 3 is 2.59 bits per heavy atom. The van der Waals surface area contributed by atoms with E-state index in [1.165, 1.54) is 0 Å². The smallest absolute Gasteiger partial charge is 0.274 e. The van der Waals surface area contributed by atoms with E-state index < -0.39 is 5.91 Å². The van der Waals surface area contributed by atoms with Gasteiger partial charge in [0, 0.05) is 49.5 Å². The molecule has 3 aliphatic rings. The van der Waals surface area contributed by atoms with Crippen LogP contribution in [0.3, 0.4) is 0 Å². The fourth-order valence-electron chi connectivity index (χ4n) is 4.75. The van der Waals surface area contributed by atoms with Crippen LogP contribution < -0.4 is 10.2 Å². The van der Waals surface area contributed by atoms with Crippen LogP contribution in [0, 0.1) is 11.8 Å². The molecular weight excluding hydrogens is 410 g/mol. The van der Waals surface area contributed by atoms with Crippen molar-refractivity contribution < 1.29 is 24.3 Å². The predicted molar refractivity (Wildman–Crippen MR) is 117 cm³/mol. The van der Waals surface area contributed by atoms with E-state index in [4.69, 9.17) is 9.94 Å². The van der Waals surface area contributed by atoms with Gasteiger partial charge >= 0.3 is 0 Å². The topological polar surface area (TPSA) is 99.2 Å². The molecule has 8 heteroatoms. The molecule has 1 aromatic rings. The molecule has 0 radical (unpaired) electrons. The van der Waals surface area contributed by atoms with Crippen LogP contribution in [0.1, 0.15) is 42.1 Å². The minimum atomic E-state index is -0.609. The molecule has 1 aromatic carbocycles. The average molecular weight is 440 g/mol. The zero-order valence-electron chi connectivity index (χ0n) is 18.2. The molecule has 32 heavy (non-hydrogen) atoms. The van der Waals surface area contributed by atoms with E-state index in [0.717, 1.165) is 12.0 Å². The third-order valence-corrected chi connectivity index (χ3v) is 6.66. The van der Waals surface area contributed by atoms with Crippen molar-refractivity contribution in [3.8, 4) is 5.75 Å². The number of benzene rings is 1. The van der Waals surface area contributed by atoms with E-state index in [9.17, 15) is 14.4 Å². The summed E-state index contributed by atoms with van der Waals surface area (Å²) >= 11 is 0. The summed E-state index contributed by atoms with van der Waals surface area (Å²) in [6, 6.07) is 4.86. The first kappa shape index (κ1) is 22.1. The van der Waals surface area contributed by atoms with Crippen molar-refractivity contribution >= 4 is 17.7 Å². The van der Waals surface area contributed by atoms with Crippen LogP contribution in [0.25, 0.3) is 0 Å². The molecule has 1 unspecified atom stereocenters. The number of hydrogen-bond donors (Lipinski definition) is 2. The molecule has 0 saturated carbocycles. The molecule has 170 valence electrons. The summed E-state index contributed by atoms with van der Waals surface area (Å²) < 4.78 is 6.10. The van der Waals surface area contributed by atoms with Gasteiger partial charge in [-0.2, -0.15) is 0 Å². The van der Waals surface area contributed by atoms with Crippen LogP contribution in [0.4, 0.5) is 0 Å². The average Bonchev–Trinajstić information content (AvgIpc) is 3.03. The lowest BCUT2D eigenvalue weighted by Gasteiger charge is -2.38. The number of fused-ring (bicyclic) bond motifs is 1. The molecule has 8 nitrogen and oxygen atoms in total. The number of likely N-dealkylation sites (tertiary alicyclic amines) is 1. The van der Waals surface area contributed by atoms with Crippen LogP contribution in [-0.4, -0.2) is 58.5 Å². The van der Waals surface area contributed by atoms with Crippen molar-refractivity contribution in [2.45, 2.75) is 38.8 Å². The number of nitrogens with zero attached hydrogens (tertiary/aromatic N) is 2. The second-order valence-electron chi connectivity index (χ2n) is 8.60. The summed E-state index contributed by atoms with van der Waals surface area (Å²) in [5.41, 5.74) is 2.76. The fourth-order valence-corrected chi connectivity index (χ4v) is 4.75. The molecule has 0 bridgehead atoms. The van der Waals surface area contributed by atoms with E-state index in [1.54, 1.807) is 35.5 Å². The van der Waals surface area contributed by atoms with E-state index in [2.05, 4.69) is 12.2 Å². The summed E-state index contributed by atoms with van der Waals surface area (Å²) in [7, 11) is 0. The fraction of sp³-hybridized carbons (Fsp3) is 0.458. The first-order valence-electron chi connectivity index (χ1n) is 11.1. The Morgan fingerprint density at radius 1 is 1.16 bits per heavy atom. The van der Waals surface area contributed by atoms with Crippen LogP contribution in [-0.2, 0) is 16.1 Å². The van der Waals surface area contributed by atoms with Gasteiger partial charge < -0.3 is 14.5 Å². The third-order valence-electron chi connectivity index (χ3n) is 6.66. The number of hydrogen-bond acceptors (Lipinski definition) is 5. The lowest BCUT2D eigenvalue weighted by Crippen LogP contribution is -2.50. The summed E-state index contributed by atoms with van der Waals surface area (Å²) in [5, 5.41) is 8.94. The van der Waals surface area contributed by atoms with Gasteiger partial charge in [-0.05, 0) is 31.4 Å². The monoisotopic (exact) mass is 439 g/mol. The Bertz CT molecular complexity index is 949. The normalized spacial score (nSPS) is 23.2. The molecule has 2 aliphatic heterocycles. The molecule has 4 rings (SSSR count). The van der Waals surface area contributed by atoms with Crippen molar-refractivity contribution in [2.75, 3.05) is 19.7 Å². The first-order valence-corrected chi connectivity index (χ1v) is 11.1. The molecule has 1 aliphatic carbocycles. The highest BCUT2D eigenvalue weighted by Crippen LogP contribution is 2.33. The zero-order chi connectivity index (χ0) is 22.7. The number of piperidine rings is 1. The Balaban J connectivity index is 1.59. The highest BCUT2D eigenvalue weighted by atomic mass is 16.5. The van der Waals surface area contributed by atoms with Crippen LogP contribution in [0.5, 0.6) is 5.75 Å². The van der Waals surface area contributed by atoms with E-state index in [0.29, 0.717) is 50.4 Å². The summed E-state index contributed by atoms with van der Waals surface area (Å²) in [4.78, 5) is 40.9. The molecular formula is C24H29N3O5. The number of carbonyl (C=O) groups is 3. The minimum absolute atomic E-state index is 0.0488. The Hall–Kier alpha value is -3.13. The number of hydroxylamine groups is 1. The molecule has 0 aromatic heterocycles. The van der Waals surface area contributed by atoms with Gasteiger partial charge in [0.1, 0.15) is 12.4 Å². The highest BCUT2D eigenvalue weighted by Gasteiger charge is 2.37. The quantitative estimate of drug-likeness (QED) is 0.556. The number of nitrogens with one attached hydrogen (secondary N) is 1. The maximum atomic E-state index is 13.7. The number of ether oxygens (including phenoxy) is 1. The number of allylic oxidation sites excluding steroid dienone is 3. The molecule has 1 fully saturated rings. The summed E-state index contributed by atoms with van der Waals surface area (Å²) in [6.45, 7) is 3.47. The van der Waals surface area contributed by atoms with Gasteiger partial charge in [0.2, 0.25) is 11.8 Å². The molecule has 2 atom stereocenters. The Kier molecular flexibility index (Phi) is 6.60. The number of amides is 3. The SMILES string of the molecule is CC(=O)N1CCC(C(=O)N2Cc3ccc(C(=O)NO)cc3OC[C@@H]2C2C=CC=CC2)CC1. The first-order chi connectivity index (χ1) is 15.5. The van der Waals surface area contributed by atoms with Crippen LogP contribution >= 0.6 is 0 Å². The predicted octanol–water partition coefficient (Wildman–Crippen LogP) is 2.29. The molecule has 2 N–H and O–H groups in total. The molecule has 2 heterocycles. The molecule has 3 amide bonds. The minimum Gasteiger partial charge on any atom is -0.491 e. The maximum Gasteiger partial charge on any atom is 0.274 e. The standard InChI is InChI=1S/C24H29N3O5/c1-16(28)26-11-9-18(10-12-26)24(30)27-14-20-8-7-19(23(29)25-31)13-22(20)32-15-21(27)17-5-3-2-4-6-17/h2-5,7-8,13,17-18,21,31H,6,9-12,14-15H2,1H3,(H,25,29)/t17?,21-/m1/s1. The van der Waals surface area contributed by atoms with Gasteiger partial charge in [-0.3, -0.25) is 19.6 Å². The Labute approximate surface area is 187 Å². The summed E-state index contributed by atoms with van der Waals surface area (Å²) in [5.74, 6) is 0.0892. The summed E-state index contributed by atoms with van der Waals surface area (Å²) in [6.07, 6.45) is 10.4. The second-order valence-corrected chi connectivity index (χ2v) is 8.60. The van der Waals surface area contributed by atoms with Crippen molar-refractivity contribution in [1.82, 2.24) is 15.3 Å². The van der Waals surface area contributed by atoms with E-state index in [-0.39, 0.29) is 29.7 Å². The van der Waals surface area contributed by atoms with Gasteiger partial charge in [0.15, 0.2) is 0 Å². The van der Waals surface area contributed by atoms with Gasteiger partial charge in [0.25, 0.3) is 5.91 Å². The van der Waals surface area contributed by atoms with Crippen LogP contribution in [0.2, 0.25) is 0 Å². The van der Waals surface area contributed by atoms with Crippen LogP contribution in [0.15, 0.2) is 42.5 Å². The van der Waals surface area contributed by atoms with Crippen molar-refractivity contribution in [2.24, 2.45) is 11.8 Å². The maximum absolute atomic E-state index is 13.7. The largest absolute Gasteiger partial charge is 0.491 e. The van der Waals surface area contributed by atoms with Crippen molar-refractivity contribution in [3.63, 3.8) is 0 Å². The van der Waals surface area contributed by atoms with Crippen molar-refractivity contribution in [3.05, 3.63) is 53.6 Å². The highest BCUT2D eigenvalue weighted by molar-refractivity contribution is 5.93. The molecule has 1 saturated heterocycles. The number of carbonyl (C=O) groups excluding carboxylic acids is 3. The number of rotatable bonds is 3. The van der Waals surface area contributed by atoms with Gasteiger partial charge in [0.05, 0.1) is 6.04 Å². The Morgan fingerprint density at radius 2 is 1.94 bits per heavy atom. The van der Waals surface area contributed by atoms with Crippen molar-refractivity contribution in [1.29, 1.82) is 0 Å².